The molecule has 3 heteroatoms. The lowest BCUT2D eigenvalue weighted by Gasteiger charge is -2.21. The molecular formula is C18H19NO2. The number of cyclic esters (lactones) is 1. The largest absolute Gasteiger partial charge is 0.464 e. The van der Waals surface area contributed by atoms with E-state index in [1.165, 1.54) is 5.56 Å². The van der Waals surface area contributed by atoms with E-state index in [0.29, 0.717) is 13.0 Å². The van der Waals surface area contributed by atoms with Crippen molar-refractivity contribution in [3.63, 3.8) is 0 Å². The van der Waals surface area contributed by atoms with Crippen molar-refractivity contribution in [3.8, 4) is 0 Å². The molecule has 3 nitrogen and oxygen atoms in total. The Balaban J connectivity index is 1.75. The summed E-state index contributed by atoms with van der Waals surface area (Å²) in [6, 6.07) is 20.6. The molecule has 0 amide bonds. The van der Waals surface area contributed by atoms with Crippen LogP contribution in [-0.4, -0.2) is 18.6 Å². The maximum atomic E-state index is 11.8. The minimum Gasteiger partial charge on any atom is -0.464 e. The summed E-state index contributed by atoms with van der Waals surface area (Å²) in [4.78, 5) is 11.8. The number of hydrogen-bond acceptors (Lipinski definition) is 3. The van der Waals surface area contributed by atoms with Gasteiger partial charge in [0, 0.05) is 6.04 Å². The Morgan fingerprint density at radius 3 is 2.38 bits per heavy atom. The fourth-order valence-electron chi connectivity index (χ4n) is 2.74. The molecule has 1 aliphatic heterocycles. The topological polar surface area (TPSA) is 38.3 Å². The van der Waals surface area contributed by atoms with Crippen LogP contribution in [0.25, 0.3) is 0 Å². The van der Waals surface area contributed by atoms with Crippen molar-refractivity contribution in [3.05, 3.63) is 71.8 Å². The molecule has 0 saturated carbocycles. The van der Waals surface area contributed by atoms with E-state index >= 15 is 0 Å². The summed E-state index contributed by atoms with van der Waals surface area (Å²) in [5, 5.41) is 3.57. The second-order valence-electron chi connectivity index (χ2n) is 5.40. The number of esters is 1. The van der Waals surface area contributed by atoms with Crippen LogP contribution >= 0.6 is 0 Å². The first-order chi connectivity index (χ1) is 10.3. The van der Waals surface area contributed by atoms with Gasteiger partial charge in [-0.1, -0.05) is 60.7 Å². The average molecular weight is 281 g/mol. The quantitative estimate of drug-likeness (QED) is 0.879. The van der Waals surface area contributed by atoms with Gasteiger partial charge < -0.3 is 10.1 Å². The van der Waals surface area contributed by atoms with Gasteiger partial charge in [0.25, 0.3) is 0 Å². The Morgan fingerprint density at radius 1 is 1.00 bits per heavy atom. The first-order valence-electron chi connectivity index (χ1n) is 7.32. The van der Waals surface area contributed by atoms with Crippen LogP contribution in [0.2, 0.25) is 0 Å². The van der Waals surface area contributed by atoms with Crippen molar-refractivity contribution in [1.82, 2.24) is 5.32 Å². The van der Waals surface area contributed by atoms with Gasteiger partial charge >= 0.3 is 5.97 Å². The van der Waals surface area contributed by atoms with Gasteiger partial charge in [0.05, 0.1) is 12.5 Å². The SMILES string of the molecule is O=C1C[C@@H](Cc2ccccc2)N[C@@H](c2ccccc2)CO1. The molecule has 0 aromatic heterocycles. The molecule has 0 unspecified atom stereocenters. The van der Waals surface area contributed by atoms with Crippen molar-refractivity contribution in [2.75, 3.05) is 6.61 Å². The van der Waals surface area contributed by atoms with Gasteiger partial charge in [-0.15, -0.1) is 0 Å². The second-order valence-corrected chi connectivity index (χ2v) is 5.40. The zero-order valence-electron chi connectivity index (χ0n) is 11.9. The summed E-state index contributed by atoms with van der Waals surface area (Å²) in [5.74, 6) is -0.123. The zero-order valence-corrected chi connectivity index (χ0v) is 11.9. The highest BCUT2D eigenvalue weighted by Gasteiger charge is 2.25. The lowest BCUT2D eigenvalue weighted by molar-refractivity contribution is -0.143. The molecule has 0 spiro atoms. The first kappa shape index (κ1) is 13.8. The maximum absolute atomic E-state index is 11.8. The Morgan fingerprint density at radius 2 is 1.67 bits per heavy atom. The maximum Gasteiger partial charge on any atom is 0.307 e. The highest BCUT2D eigenvalue weighted by atomic mass is 16.5. The highest BCUT2D eigenvalue weighted by Crippen LogP contribution is 2.19. The summed E-state index contributed by atoms with van der Waals surface area (Å²) in [6.07, 6.45) is 1.25. The third kappa shape index (κ3) is 3.70. The molecule has 108 valence electrons. The minimum absolute atomic E-state index is 0.0614. The molecule has 1 N–H and O–H groups in total. The van der Waals surface area contributed by atoms with Crippen molar-refractivity contribution in [2.45, 2.75) is 24.9 Å². The molecule has 2 atom stereocenters. The van der Waals surface area contributed by atoms with E-state index in [-0.39, 0.29) is 18.1 Å². The Kier molecular flexibility index (Phi) is 4.31. The number of hydrogen-bond donors (Lipinski definition) is 1. The summed E-state index contributed by atoms with van der Waals surface area (Å²) in [5.41, 5.74) is 2.39. The smallest absolute Gasteiger partial charge is 0.307 e. The van der Waals surface area contributed by atoms with Crippen molar-refractivity contribution in [2.24, 2.45) is 0 Å². The number of carbonyl (C=O) groups excluding carboxylic acids is 1. The van der Waals surface area contributed by atoms with Crippen LogP contribution in [0.15, 0.2) is 60.7 Å². The third-order valence-corrected chi connectivity index (χ3v) is 3.79. The van der Waals surface area contributed by atoms with E-state index in [1.54, 1.807) is 0 Å². The van der Waals surface area contributed by atoms with Gasteiger partial charge in [0.1, 0.15) is 6.61 Å². The van der Waals surface area contributed by atoms with E-state index < -0.39 is 0 Å². The van der Waals surface area contributed by atoms with Gasteiger partial charge in [-0.3, -0.25) is 4.79 Å². The standard InChI is InChI=1S/C18H19NO2/c20-18-12-16(11-14-7-3-1-4-8-14)19-17(13-21-18)15-9-5-2-6-10-15/h1-10,16-17,19H,11-13H2/t16-,17-/m1/s1. The van der Waals surface area contributed by atoms with Crippen LogP contribution in [0.4, 0.5) is 0 Å². The van der Waals surface area contributed by atoms with Crippen molar-refractivity contribution < 1.29 is 9.53 Å². The number of rotatable bonds is 3. The molecule has 21 heavy (non-hydrogen) atoms. The van der Waals surface area contributed by atoms with E-state index in [2.05, 4.69) is 29.6 Å². The highest BCUT2D eigenvalue weighted by molar-refractivity contribution is 5.70. The second kappa shape index (κ2) is 6.55. The van der Waals surface area contributed by atoms with E-state index in [0.717, 1.165) is 12.0 Å². The fraction of sp³-hybridized carbons (Fsp3) is 0.278. The van der Waals surface area contributed by atoms with E-state index in [4.69, 9.17) is 4.74 Å². The molecule has 3 rings (SSSR count). The minimum atomic E-state index is -0.123. The molecule has 0 bridgehead atoms. The van der Waals surface area contributed by atoms with Gasteiger partial charge in [-0.2, -0.15) is 0 Å². The summed E-state index contributed by atoms with van der Waals surface area (Å²) in [6.45, 7) is 0.397. The summed E-state index contributed by atoms with van der Waals surface area (Å²) in [7, 11) is 0. The average Bonchev–Trinajstić information content (AvgIpc) is 2.71. The number of nitrogens with one attached hydrogen (secondary N) is 1. The van der Waals surface area contributed by atoms with Gasteiger partial charge in [0.15, 0.2) is 0 Å². The molecular weight excluding hydrogens is 262 g/mol. The van der Waals surface area contributed by atoms with Crippen molar-refractivity contribution >= 4 is 5.97 Å². The third-order valence-electron chi connectivity index (χ3n) is 3.79. The first-order valence-corrected chi connectivity index (χ1v) is 7.32. The van der Waals surface area contributed by atoms with Crippen LogP contribution in [0, 0.1) is 0 Å². The van der Waals surface area contributed by atoms with Crippen molar-refractivity contribution in [1.29, 1.82) is 0 Å². The monoisotopic (exact) mass is 281 g/mol. The normalized spacial score (nSPS) is 22.4. The Hall–Kier alpha value is -2.13. The number of ether oxygens (including phenoxy) is 1. The molecule has 2 aromatic carbocycles. The number of carbonyl (C=O) groups is 1. The van der Waals surface area contributed by atoms with E-state index in [1.807, 2.05) is 36.4 Å². The van der Waals surface area contributed by atoms with Gasteiger partial charge in [0.2, 0.25) is 0 Å². The Labute approximate surface area is 124 Å². The van der Waals surface area contributed by atoms with Crippen LogP contribution < -0.4 is 5.32 Å². The van der Waals surface area contributed by atoms with Crippen LogP contribution in [0.3, 0.4) is 0 Å². The molecule has 0 aliphatic carbocycles. The predicted molar refractivity (Wildman–Crippen MR) is 81.8 cm³/mol. The fourth-order valence-corrected chi connectivity index (χ4v) is 2.74. The van der Waals surface area contributed by atoms with E-state index in [9.17, 15) is 4.79 Å². The number of benzene rings is 2. The van der Waals surface area contributed by atoms with Gasteiger partial charge in [-0.25, -0.2) is 0 Å². The molecule has 0 radical (unpaired) electrons. The lowest BCUT2D eigenvalue weighted by Crippen LogP contribution is -2.34. The molecule has 1 aliphatic rings. The summed E-state index contributed by atoms with van der Waals surface area (Å²) < 4.78 is 5.34. The Bertz CT molecular complexity index is 583. The predicted octanol–water partition coefficient (Wildman–Crippen LogP) is 2.88. The van der Waals surface area contributed by atoms with Crippen LogP contribution in [0.1, 0.15) is 23.6 Å². The zero-order chi connectivity index (χ0) is 14.5. The van der Waals surface area contributed by atoms with Crippen LogP contribution in [0.5, 0.6) is 0 Å². The van der Waals surface area contributed by atoms with Crippen LogP contribution in [-0.2, 0) is 16.0 Å². The molecule has 1 heterocycles. The molecule has 1 saturated heterocycles. The summed E-state index contributed by atoms with van der Waals surface area (Å²) >= 11 is 0. The van der Waals surface area contributed by atoms with Gasteiger partial charge in [-0.05, 0) is 17.5 Å². The molecule has 2 aromatic rings. The molecule has 1 fully saturated rings. The lowest BCUT2D eigenvalue weighted by atomic mass is 10.0.